The molecule has 0 radical (unpaired) electrons. The summed E-state index contributed by atoms with van der Waals surface area (Å²) in [6.07, 6.45) is 0. The minimum absolute atomic E-state index is 0.345. The van der Waals surface area contributed by atoms with Crippen molar-refractivity contribution in [1.29, 1.82) is 0 Å². The number of hydrogen-bond donors (Lipinski definition) is 2. The Balaban J connectivity index is 2.09. The van der Waals surface area contributed by atoms with E-state index in [1.165, 1.54) is 11.3 Å². The Labute approximate surface area is 123 Å². The highest BCUT2D eigenvalue weighted by atomic mass is 79.9. The van der Waals surface area contributed by atoms with Gasteiger partial charge in [0.15, 0.2) is 0 Å². The molecular weight excluding hydrogens is 330 g/mol. The Morgan fingerprint density at radius 2 is 2.21 bits per heavy atom. The van der Waals surface area contributed by atoms with E-state index in [1.54, 1.807) is 13.2 Å². The number of rotatable bonds is 5. The summed E-state index contributed by atoms with van der Waals surface area (Å²) in [5, 5.41) is 12.1. The van der Waals surface area contributed by atoms with E-state index in [-0.39, 0.29) is 0 Å². The molecule has 1 aromatic carbocycles. The fourth-order valence-corrected chi connectivity index (χ4v) is 2.74. The lowest BCUT2D eigenvalue weighted by atomic mass is 10.3. The number of aromatic carboxylic acids is 1. The number of thiophene rings is 1. The zero-order chi connectivity index (χ0) is 13.8. The van der Waals surface area contributed by atoms with E-state index in [4.69, 9.17) is 9.84 Å². The number of anilines is 1. The van der Waals surface area contributed by atoms with Crippen molar-refractivity contribution in [3.05, 3.63) is 44.6 Å². The van der Waals surface area contributed by atoms with Crippen molar-refractivity contribution in [3.8, 4) is 5.75 Å². The Morgan fingerprint density at radius 3 is 2.84 bits per heavy atom. The molecule has 0 aliphatic heterocycles. The molecule has 0 bridgehead atoms. The number of ether oxygens (including phenoxy) is 1. The Morgan fingerprint density at radius 1 is 1.42 bits per heavy atom. The van der Waals surface area contributed by atoms with Gasteiger partial charge in [-0.05, 0) is 30.3 Å². The number of halogens is 1. The standard InChI is InChI=1S/C13H12BrNO3S/c1-18-11-4-2-8(14)6-10(11)15-7-9-3-5-12(19-9)13(16)17/h2-6,15H,7H2,1H3,(H,16,17). The molecule has 0 spiro atoms. The van der Waals surface area contributed by atoms with E-state index < -0.39 is 5.97 Å². The van der Waals surface area contributed by atoms with E-state index in [2.05, 4.69) is 21.2 Å². The average Bonchev–Trinajstić information content (AvgIpc) is 2.85. The van der Waals surface area contributed by atoms with Gasteiger partial charge in [0.2, 0.25) is 0 Å². The number of carboxylic acid groups (broad SMARTS) is 1. The normalized spacial score (nSPS) is 10.2. The van der Waals surface area contributed by atoms with Crippen LogP contribution in [0, 0.1) is 0 Å². The third-order valence-electron chi connectivity index (χ3n) is 2.49. The summed E-state index contributed by atoms with van der Waals surface area (Å²) in [4.78, 5) is 12.1. The third kappa shape index (κ3) is 3.48. The van der Waals surface area contributed by atoms with Crippen molar-refractivity contribution in [2.75, 3.05) is 12.4 Å². The molecule has 1 heterocycles. The van der Waals surface area contributed by atoms with Gasteiger partial charge < -0.3 is 15.2 Å². The average molecular weight is 342 g/mol. The molecule has 0 aliphatic carbocycles. The zero-order valence-electron chi connectivity index (χ0n) is 10.1. The monoisotopic (exact) mass is 341 g/mol. The van der Waals surface area contributed by atoms with Gasteiger partial charge in [-0.15, -0.1) is 11.3 Å². The summed E-state index contributed by atoms with van der Waals surface area (Å²) < 4.78 is 6.21. The van der Waals surface area contributed by atoms with E-state index in [0.717, 1.165) is 20.8 Å². The van der Waals surface area contributed by atoms with Crippen molar-refractivity contribution < 1.29 is 14.6 Å². The van der Waals surface area contributed by atoms with Crippen LogP contribution in [-0.4, -0.2) is 18.2 Å². The fourth-order valence-electron chi connectivity index (χ4n) is 1.59. The maximum absolute atomic E-state index is 10.8. The molecule has 2 rings (SSSR count). The smallest absolute Gasteiger partial charge is 0.345 e. The van der Waals surface area contributed by atoms with E-state index in [1.807, 2.05) is 24.3 Å². The first kappa shape index (κ1) is 13.9. The van der Waals surface area contributed by atoms with Crippen LogP contribution >= 0.6 is 27.3 Å². The number of benzene rings is 1. The minimum atomic E-state index is -0.892. The molecular formula is C13H12BrNO3S. The van der Waals surface area contributed by atoms with Gasteiger partial charge in [0.25, 0.3) is 0 Å². The van der Waals surface area contributed by atoms with Crippen LogP contribution in [-0.2, 0) is 6.54 Å². The van der Waals surface area contributed by atoms with Crippen LogP contribution in [0.2, 0.25) is 0 Å². The molecule has 6 heteroatoms. The van der Waals surface area contributed by atoms with Crippen LogP contribution in [0.25, 0.3) is 0 Å². The largest absolute Gasteiger partial charge is 0.495 e. The summed E-state index contributed by atoms with van der Waals surface area (Å²) in [6, 6.07) is 9.11. The van der Waals surface area contributed by atoms with E-state index in [0.29, 0.717) is 11.4 Å². The number of nitrogens with one attached hydrogen (secondary N) is 1. The van der Waals surface area contributed by atoms with Crippen molar-refractivity contribution >= 4 is 38.9 Å². The van der Waals surface area contributed by atoms with Crippen molar-refractivity contribution in [1.82, 2.24) is 0 Å². The summed E-state index contributed by atoms with van der Waals surface area (Å²) >= 11 is 4.67. The molecule has 1 aromatic heterocycles. The van der Waals surface area contributed by atoms with Gasteiger partial charge in [-0.3, -0.25) is 0 Å². The van der Waals surface area contributed by atoms with Crippen molar-refractivity contribution in [3.63, 3.8) is 0 Å². The van der Waals surface area contributed by atoms with E-state index >= 15 is 0 Å². The van der Waals surface area contributed by atoms with Gasteiger partial charge in [-0.25, -0.2) is 4.79 Å². The van der Waals surface area contributed by atoms with Crippen molar-refractivity contribution in [2.24, 2.45) is 0 Å². The molecule has 2 N–H and O–H groups in total. The molecule has 19 heavy (non-hydrogen) atoms. The van der Waals surface area contributed by atoms with Gasteiger partial charge in [0.1, 0.15) is 10.6 Å². The minimum Gasteiger partial charge on any atom is -0.495 e. The van der Waals surface area contributed by atoms with Crippen LogP contribution in [0.4, 0.5) is 5.69 Å². The fraction of sp³-hybridized carbons (Fsp3) is 0.154. The number of carbonyl (C=O) groups is 1. The van der Waals surface area contributed by atoms with Gasteiger partial charge in [0, 0.05) is 15.9 Å². The Hall–Kier alpha value is -1.53. The SMILES string of the molecule is COc1ccc(Br)cc1NCc1ccc(C(=O)O)s1. The first-order valence-electron chi connectivity index (χ1n) is 5.49. The second kappa shape index (κ2) is 6.08. The van der Waals surface area contributed by atoms with Crippen molar-refractivity contribution in [2.45, 2.75) is 6.54 Å². The number of carboxylic acids is 1. The first-order valence-corrected chi connectivity index (χ1v) is 7.10. The summed E-state index contributed by atoms with van der Waals surface area (Å²) in [5.41, 5.74) is 0.863. The highest BCUT2D eigenvalue weighted by molar-refractivity contribution is 9.10. The molecule has 0 saturated heterocycles. The lowest BCUT2D eigenvalue weighted by molar-refractivity contribution is 0.0702. The maximum atomic E-state index is 10.8. The van der Waals surface area contributed by atoms with Gasteiger partial charge >= 0.3 is 5.97 Å². The van der Waals surface area contributed by atoms with Crippen LogP contribution in [0.3, 0.4) is 0 Å². The first-order chi connectivity index (χ1) is 9.10. The second-order valence-corrected chi connectivity index (χ2v) is 5.85. The maximum Gasteiger partial charge on any atom is 0.345 e. The third-order valence-corrected chi connectivity index (χ3v) is 4.05. The van der Waals surface area contributed by atoms with Crippen LogP contribution in [0.5, 0.6) is 5.75 Å². The van der Waals surface area contributed by atoms with Crippen LogP contribution < -0.4 is 10.1 Å². The Kier molecular flexibility index (Phi) is 4.44. The predicted molar refractivity (Wildman–Crippen MR) is 79.3 cm³/mol. The molecule has 0 atom stereocenters. The molecule has 0 amide bonds. The summed E-state index contributed by atoms with van der Waals surface area (Å²) in [5.74, 6) is -0.144. The van der Waals surface area contributed by atoms with Gasteiger partial charge in [0.05, 0.1) is 12.8 Å². The number of methoxy groups -OCH3 is 1. The van der Waals surface area contributed by atoms with E-state index in [9.17, 15) is 4.79 Å². The van der Waals surface area contributed by atoms with Crippen LogP contribution in [0.15, 0.2) is 34.8 Å². The molecule has 100 valence electrons. The quantitative estimate of drug-likeness (QED) is 0.867. The lowest BCUT2D eigenvalue weighted by Crippen LogP contribution is -1.99. The van der Waals surface area contributed by atoms with Gasteiger partial charge in [-0.1, -0.05) is 15.9 Å². The molecule has 0 aliphatic rings. The van der Waals surface area contributed by atoms with Crippen LogP contribution in [0.1, 0.15) is 14.5 Å². The molecule has 2 aromatic rings. The zero-order valence-corrected chi connectivity index (χ0v) is 12.5. The molecule has 0 fully saturated rings. The highest BCUT2D eigenvalue weighted by Gasteiger charge is 2.08. The summed E-state index contributed by atoms with van der Waals surface area (Å²) in [6.45, 7) is 0.560. The predicted octanol–water partition coefficient (Wildman–Crippen LogP) is 3.83. The highest BCUT2D eigenvalue weighted by Crippen LogP contribution is 2.29. The molecule has 4 nitrogen and oxygen atoms in total. The summed E-state index contributed by atoms with van der Waals surface area (Å²) in [7, 11) is 1.61. The Bertz CT molecular complexity index is 597. The topological polar surface area (TPSA) is 58.6 Å². The second-order valence-electron chi connectivity index (χ2n) is 3.77. The lowest BCUT2D eigenvalue weighted by Gasteiger charge is -2.10. The molecule has 0 saturated carbocycles. The molecule has 0 unspecified atom stereocenters. The number of hydrogen-bond acceptors (Lipinski definition) is 4. The van der Waals surface area contributed by atoms with Gasteiger partial charge in [-0.2, -0.15) is 0 Å².